The summed E-state index contributed by atoms with van der Waals surface area (Å²) in [4.78, 5) is 58.7. The first-order valence-electron chi connectivity index (χ1n) is 20.2. The van der Waals surface area contributed by atoms with Crippen LogP contribution in [0.3, 0.4) is 0 Å². The molecule has 0 aliphatic rings. The van der Waals surface area contributed by atoms with E-state index in [1.807, 2.05) is 145 Å². The SMILES string of the molecule is CC(C)(C)OC(=O)N[C@H](C(=O)N[C@@H](Cc1ccccc1)C(O)CN(Cc1ccc(-c2ccccn2)cc1)NC(=O)[C@@H](NC(=O)OCc1ccccc1)C(C)(C)C)C(C)(C)C. The van der Waals surface area contributed by atoms with Crippen molar-refractivity contribution in [2.24, 2.45) is 10.8 Å². The molecular formula is C47H62N6O7. The van der Waals surface area contributed by atoms with Gasteiger partial charge in [-0.05, 0) is 66.8 Å². The normalized spacial score (nSPS) is 13.9. The Morgan fingerprint density at radius 1 is 0.650 bits per heavy atom. The predicted octanol–water partition coefficient (Wildman–Crippen LogP) is 6.95. The molecule has 0 spiro atoms. The van der Waals surface area contributed by atoms with Crippen molar-refractivity contribution in [1.82, 2.24) is 31.4 Å². The smallest absolute Gasteiger partial charge is 0.408 e. The number of carbonyl (C=O) groups excluding carboxylic acids is 4. The first-order chi connectivity index (χ1) is 28.2. The van der Waals surface area contributed by atoms with Gasteiger partial charge in [-0.15, -0.1) is 0 Å². The summed E-state index contributed by atoms with van der Waals surface area (Å²) in [7, 11) is 0. The Bertz CT molecular complexity index is 1980. The number of alkyl carbamates (subject to hydrolysis) is 2. The van der Waals surface area contributed by atoms with Crippen LogP contribution < -0.4 is 21.4 Å². The molecule has 4 rings (SSSR count). The lowest BCUT2D eigenvalue weighted by molar-refractivity contribution is -0.132. The van der Waals surface area contributed by atoms with Crippen molar-refractivity contribution in [3.8, 4) is 11.3 Å². The minimum Gasteiger partial charge on any atom is -0.445 e. The van der Waals surface area contributed by atoms with Crippen molar-refractivity contribution in [3.63, 3.8) is 0 Å². The standard InChI is InChI=1S/C47H62N6O7/c1-45(2,3)39(51-44(58)60-47(7,8)9)41(55)49-37(28-32-18-12-10-13-19-32)38(54)30-53(29-33-23-25-35(26-24-33)36-22-16-17-27-48-36)52-42(56)40(46(4,5)6)50-43(57)59-31-34-20-14-11-15-21-34/h10-27,37-40,54H,28-31H2,1-9H3,(H,49,55)(H,50,57)(H,51,58)(H,52,56)/t37-,38?,39+,40+/m0/s1. The third kappa shape index (κ3) is 15.4. The van der Waals surface area contributed by atoms with E-state index < -0.39 is 64.7 Å². The molecule has 0 fully saturated rings. The first-order valence-corrected chi connectivity index (χ1v) is 20.2. The van der Waals surface area contributed by atoms with E-state index in [0.29, 0.717) is 0 Å². The fourth-order valence-corrected chi connectivity index (χ4v) is 6.33. The first kappa shape index (κ1) is 46.9. The number of aromatic nitrogens is 1. The lowest BCUT2D eigenvalue weighted by Gasteiger charge is -2.36. The second-order valence-electron chi connectivity index (χ2n) is 18.1. The van der Waals surface area contributed by atoms with Crippen LogP contribution in [0.4, 0.5) is 9.59 Å². The van der Waals surface area contributed by atoms with Crippen molar-refractivity contribution in [2.45, 2.75) is 112 Å². The zero-order valence-electron chi connectivity index (χ0n) is 36.3. The topological polar surface area (TPSA) is 171 Å². The lowest BCUT2D eigenvalue weighted by Crippen LogP contribution is -2.61. The van der Waals surface area contributed by atoms with Crippen molar-refractivity contribution < 1.29 is 33.8 Å². The zero-order valence-corrected chi connectivity index (χ0v) is 36.3. The number of aliphatic hydroxyl groups excluding tert-OH is 1. The van der Waals surface area contributed by atoms with Gasteiger partial charge in [-0.1, -0.05) is 133 Å². The van der Waals surface area contributed by atoms with Crippen LogP contribution >= 0.6 is 0 Å². The van der Waals surface area contributed by atoms with Gasteiger partial charge in [-0.2, -0.15) is 0 Å². The van der Waals surface area contributed by atoms with E-state index >= 15 is 0 Å². The second kappa shape index (κ2) is 20.9. The largest absolute Gasteiger partial charge is 0.445 e. The highest BCUT2D eigenvalue weighted by Crippen LogP contribution is 2.23. The van der Waals surface area contributed by atoms with Gasteiger partial charge in [0.2, 0.25) is 5.91 Å². The number of nitrogens with zero attached hydrogens (tertiary/aromatic N) is 2. The summed E-state index contributed by atoms with van der Waals surface area (Å²) < 4.78 is 10.9. The summed E-state index contributed by atoms with van der Waals surface area (Å²) in [6.45, 7) is 16.2. The Kier molecular flexibility index (Phi) is 16.4. The summed E-state index contributed by atoms with van der Waals surface area (Å²) in [5, 5.41) is 22.1. The number of aliphatic hydroxyl groups is 1. The van der Waals surface area contributed by atoms with Crippen molar-refractivity contribution in [3.05, 3.63) is 126 Å². The molecule has 4 amide bonds. The summed E-state index contributed by atoms with van der Waals surface area (Å²) in [6.07, 6.45) is -0.796. The third-order valence-corrected chi connectivity index (χ3v) is 9.45. The number of nitrogens with one attached hydrogen (secondary N) is 4. The average Bonchev–Trinajstić information content (AvgIpc) is 3.17. The number of amides is 4. The van der Waals surface area contributed by atoms with E-state index in [-0.39, 0.29) is 26.1 Å². The van der Waals surface area contributed by atoms with Crippen LogP contribution in [-0.4, -0.2) is 75.5 Å². The number of hydrogen-bond acceptors (Lipinski definition) is 9. The zero-order chi connectivity index (χ0) is 44.1. The molecule has 5 N–H and O–H groups in total. The van der Waals surface area contributed by atoms with Gasteiger partial charge in [0, 0.05) is 24.8 Å². The van der Waals surface area contributed by atoms with Gasteiger partial charge in [0.05, 0.1) is 17.8 Å². The van der Waals surface area contributed by atoms with E-state index in [2.05, 4.69) is 26.4 Å². The van der Waals surface area contributed by atoms with Crippen LogP contribution in [0.15, 0.2) is 109 Å². The molecule has 3 aromatic carbocycles. The van der Waals surface area contributed by atoms with Gasteiger partial charge < -0.3 is 30.5 Å². The van der Waals surface area contributed by atoms with Crippen molar-refractivity contribution in [1.29, 1.82) is 0 Å². The number of pyridine rings is 1. The molecule has 4 aromatic rings. The van der Waals surface area contributed by atoms with Crippen molar-refractivity contribution in [2.75, 3.05) is 6.54 Å². The molecule has 0 aliphatic carbocycles. The van der Waals surface area contributed by atoms with Crippen LogP contribution in [-0.2, 0) is 38.6 Å². The number of benzene rings is 3. The highest BCUT2D eigenvalue weighted by molar-refractivity contribution is 5.87. The van der Waals surface area contributed by atoms with Crippen LogP contribution in [0.5, 0.6) is 0 Å². The Morgan fingerprint density at radius 2 is 1.20 bits per heavy atom. The van der Waals surface area contributed by atoms with Crippen LogP contribution in [0.25, 0.3) is 11.3 Å². The van der Waals surface area contributed by atoms with Crippen molar-refractivity contribution >= 4 is 24.0 Å². The highest BCUT2D eigenvalue weighted by atomic mass is 16.6. The molecule has 13 nitrogen and oxygen atoms in total. The number of hydrogen-bond donors (Lipinski definition) is 5. The maximum absolute atomic E-state index is 14.2. The van der Waals surface area contributed by atoms with Gasteiger partial charge in [-0.3, -0.25) is 20.0 Å². The van der Waals surface area contributed by atoms with E-state index in [1.165, 1.54) is 0 Å². The molecule has 0 aliphatic heterocycles. The highest BCUT2D eigenvalue weighted by Gasteiger charge is 2.38. The van der Waals surface area contributed by atoms with E-state index in [9.17, 15) is 24.3 Å². The van der Waals surface area contributed by atoms with Crippen LogP contribution in [0.2, 0.25) is 0 Å². The quantitative estimate of drug-likeness (QED) is 0.0751. The Balaban J connectivity index is 1.62. The Hall–Kier alpha value is -5.79. The fraction of sp³-hybridized carbons (Fsp3) is 0.426. The molecule has 1 heterocycles. The molecule has 60 heavy (non-hydrogen) atoms. The summed E-state index contributed by atoms with van der Waals surface area (Å²) in [6, 6.07) is 29.0. The monoisotopic (exact) mass is 822 g/mol. The molecule has 0 saturated carbocycles. The van der Waals surface area contributed by atoms with Gasteiger partial charge in [-0.25, -0.2) is 14.6 Å². The number of rotatable bonds is 16. The molecule has 1 unspecified atom stereocenters. The van der Waals surface area contributed by atoms with Gasteiger partial charge >= 0.3 is 12.2 Å². The van der Waals surface area contributed by atoms with Crippen LogP contribution in [0, 0.1) is 10.8 Å². The molecule has 322 valence electrons. The van der Waals surface area contributed by atoms with E-state index in [4.69, 9.17) is 9.47 Å². The average molecular weight is 823 g/mol. The molecule has 13 heteroatoms. The van der Waals surface area contributed by atoms with Gasteiger partial charge in [0.1, 0.15) is 24.3 Å². The Labute approximate surface area is 354 Å². The van der Waals surface area contributed by atoms with E-state index in [0.717, 1.165) is 27.9 Å². The fourth-order valence-electron chi connectivity index (χ4n) is 6.33. The Morgan fingerprint density at radius 3 is 1.75 bits per heavy atom. The molecule has 0 saturated heterocycles. The molecule has 4 atom stereocenters. The second-order valence-corrected chi connectivity index (χ2v) is 18.1. The molecule has 0 radical (unpaired) electrons. The minimum atomic E-state index is -1.25. The molecule has 1 aromatic heterocycles. The third-order valence-electron chi connectivity index (χ3n) is 9.45. The molecular weight excluding hydrogens is 761 g/mol. The maximum atomic E-state index is 14.2. The summed E-state index contributed by atoms with van der Waals surface area (Å²) in [5.41, 5.74) is 4.85. The predicted molar refractivity (Wildman–Crippen MR) is 232 cm³/mol. The van der Waals surface area contributed by atoms with Crippen LogP contribution in [0.1, 0.15) is 79.0 Å². The number of ether oxygens (including phenoxy) is 2. The van der Waals surface area contributed by atoms with Gasteiger partial charge in [0.15, 0.2) is 0 Å². The lowest BCUT2D eigenvalue weighted by atomic mass is 9.85. The summed E-state index contributed by atoms with van der Waals surface area (Å²) in [5.74, 6) is -1.05. The molecule has 0 bridgehead atoms. The number of carbonyl (C=O) groups is 4. The minimum absolute atomic E-state index is 0.0237. The maximum Gasteiger partial charge on any atom is 0.408 e. The number of hydrazine groups is 1. The van der Waals surface area contributed by atoms with Gasteiger partial charge in [0.25, 0.3) is 5.91 Å². The van der Waals surface area contributed by atoms with E-state index in [1.54, 1.807) is 32.0 Å². The summed E-state index contributed by atoms with van der Waals surface area (Å²) >= 11 is 0.